The van der Waals surface area contributed by atoms with Crippen molar-refractivity contribution < 1.29 is 0 Å². The van der Waals surface area contributed by atoms with Gasteiger partial charge in [-0.05, 0) is 10.8 Å². The lowest BCUT2D eigenvalue weighted by molar-refractivity contribution is 0.766. The maximum Gasteiger partial charge on any atom is 0.164 e. The van der Waals surface area contributed by atoms with Crippen LogP contribution < -0.4 is 0 Å². The maximum atomic E-state index is 4.78. The van der Waals surface area contributed by atoms with E-state index in [0.29, 0.717) is 0 Å². The van der Waals surface area contributed by atoms with E-state index >= 15 is 0 Å². The fourth-order valence-corrected chi connectivity index (χ4v) is 2.91. The van der Waals surface area contributed by atoms with E-state index < -0.39 is 0 Å². The van der Waals surface area contributed by atoms with Crippen molar-refractivity contribution in [1.82, 2.24) is 15.0 Å². The molecule has 0 aliphatic heterocycles. The van der Waals surface area contributed by atoms with Crippen molar-refractivity contribution in [1.29, 1.82) is 0 Å². The summed E-state index contributed by atoms with van der Waals surface area (Å²) in [7, 11) is 0. The lowest BCUT2D eigenvalue weighted by atomic mass is 10.0. The van der Waals surface area contributed by atoms with Crippen LogP contribution in [0.25, 0.3) is 33.5 Å². The Kier molecular flexibility index (Phi) is 3.98. The van der Waals surface area contributed by atoms with E-state index in [1.165, 1.54) is 5.39 Å². The number of benzene rings is 3. The van der Waals surface area contributed by atoms with Crippen molar-refractivity contribution in [2.75, 3.05) is 0 Å². The van der Waals surface area contributed by atoms with Gasteiger partial charge < -0.3 is 0 Å². The van der Waals surface area contributed by atoms with Crippen LogP contribution in [0.3, 0.4) is 0 Å². The third-order valence-electron chi connectivity index (χ3n) is 4.23. The molecule has 0 aliphatic carbocycles. The summed E-state index contributed by atoms with van der Waals surface area (Å²) >= 11 is 0. The molecule has 1 heterocycles. The van der Waals surface area contributed by atoms with Gasteiger partial charge >= 0.3 is 0 Å². The van der Waals surface area contributed by atoms with Gasteiger partial charge in [-0.25, -0.2) is 15.0 Å². The van der Waals surface area contributed by atoms with E-state index in [9.17, 15) is 0 Å². The third-order valence-corrected chi connectivity index (χ3v) is 4.23. The number of fused-ring (bicyclic) bond motifs is 1. The van der Waals surface area contributed by atoms with Crippen LogP contribution in [0, 0.1) is 0 Å². The van der Waals surface area contributed by atoms with Crippen molar-refractivity contribution in [2.45, 2.75) is 19.8 Å². The fraction of sp³-hybridized carbons (Fsp3) is 0.136. The predicted molar refractivity (Wildman–Crippen MR) is 102 cm³/mol. The zero-order chi connectivity index (χ0) is 17.2. The minimum absolute atomic E-state index is 0.235. The second-order valence-electron chi connectivity index (χ2n) is 6.39. The van der Waals surface area contributed by atoms with E-state index in [4.69, 9.17) is 9.97 Å². The molecule has 0 aliphatic rings. The number of rotatable bonds is 3. The average molecular weight is 325 g/mol. The van der Waals surface area contributed by atoms with Crippen LogP contribution in [0.15, 0.2) is 72.8 Å². The molecule has 25 heavy (non-hydrogen) atoms. The van der Waals surface area contributed by atoms with Gasteiger partial charge in [0, 0.05) is 17.0 Å². The quantitative estimate of drug-likeness (QED) is 0.500. The molecule has 122 valence electrons. The molecule has 0 saturated carbocycles. The van der Waals surface area contributed by atoms with Gasteiger partial charge in [0.2, 0.25) is 0 Å². The first-order chi connectivity index (χ1) is 12.2. The zero-order valence-corrected chi connectivity index (χ0v) is 14.3. The molecule has 0 spiro atoms. The molecule has 3 nitrogen and oxygen atoms in total. The minimum Gasteiger partial charge on any atom is -0.213 e. The molecular formula is C22H19N3. The highest BCUT2D eigenvalue weighted by Gasteiger charge is 2.14. The molecular weight excluding hydrogens is 306 g/mol. The second-order valence-corrected chi connectivity index (χ2v) is 6.39. The normalized spacial score (nSPS) is 11.2. The van der Waals surface area contributed by atoms with Crippen molar-refractivity contribution in [3.05, 3.63) is 78.6 Å². The molecule has 0 N–H and O–H groups in total. The van der Waals surface area contributed by atoms with Crippen LogP contribution in [0.2, 0.25) is 0 Å². The molecule has 1 aromatic heterocycles. The summed E-state index contributed by atoms with van der Waals surface area (Å²) in [5.41, 5.74) is 2.05. The van der Waals surface area contributed by atoms with Gasteiger partial charge in [-0.1, -0.05) is 86.6 Å². The van der Waals surface area contributed by atoms with E-state index in [-0.39, 0.29) is 5.92 Å². The van der Waals surface area contributed by atoms with Gasteiger partial charge in [-0.3, -0.25) is 0 Å². The highest BCUT2D eigenvalue weighted by Crippen LogP contribution is 2.28. The Morgan fingerprint density at radius 1 is 0.640 bits per heavy atom. The van der Waals surface area contributed by atoms with Crippen molar-refractivity contribution in [3.63, 3.8) is 0 Å². The Balaban J connectivity index is 1.96. The molecule has 3 heteroatoms. The Morgan fingerprint density at radius 3 is 2.12 bits per heavy atom. The van der Waals surface area contributed by atoms with Gasteiger partial charge in [0.05, 0.1) is 0 Å². The van der Waals surface area contributed by atoms with E-state index in [2.05, 4.69) is 61.3 Å². The highest BCUT2D eigenvalue weighted by atomic mass is 15.0. The second kappa shape index (κ2) is 6.44. The number of nitrogens with zero attached hydrogens (tertiary/aromatic N) is 3. The molecule has 4 aromatic rings. The van der Waals surface area contributed by atoms with Gasteiger partial charge in [-0.15, -0.1) is 0 Å². The summed E-state index contributed by atoms with van der Waals surface area (Å²) < 4.78 is 0. The Morgan fingerprint density at radius 2 is 1.32 bits per heavy atom. The van der Waals surface area contributed by atoms with Crippen molar-refractivity contribution in [2.24, 2.45) is 0 Å². The summed E-state index contributed by atoms with van der Waals surface area (Å²) in [5, 5.41) is 2.35. The minimum atomic E-state index is 0.235. The molecule has 0 amide bonds. The monoisotopic (exact) mass is 325 g/mol. The third kappa shape index (κ3) is 3.01. The maximum absolute atomic E-state index is 4.78. The van der Waals surface area contributed by atoms with Gasteiger partial charge in [0.1, 0.15) is 5.82 Å². The summed E-state index contributed by atoms with van der Waals surface area (Å²) in [4.78, 5) is 14.2. The number of aromatic nitrogens is 3. The number of hydrogen-bond acceptors (Lipinski definition) is 3. The van der Waals surface area contributed by atoms with Gasteiger partial charge in [-0.2, -0.15) is 0 Å². The van der Waals surface area contributed by atoms with Crippen molar-refractivity contribution in [3.8, 4) is 22.8 Å². The van der Waals surface area contributed by atoms with E-state index in [0.717, 1.165) is 34.0 Å². The first kappa shape index (κ1) is 15.5. The van der Waals surface area contributed by atoms with Crippen LogP contribution in [0.5, 0.6) is 0 Å². The standard InChI is InChI=1S/C22H19N3/c1-15(2)20-23-21(17-10-4-3-5-11-17)25-22(24-20)19-14-8-12-16-9-6-7-13-18(16)19/h3-15H,1-2H3. The van der Waals surface area contributed by atoms with Crippen LogP contribution in [0.4, 0.5) is 0 Å². The molecule has 0 unspecified atom stereocenters. The molecule has 0 radical (unpaired) electrons. The van der Waals surface area contributed by atoms with Gasteiger partial charge in [0.15, 0.2) is 11.6 Å². The summed E-state index contributed by atoms with van der Waals surface area (Å²) in [6.07, 6.45) is 0. The van der Waals surface area contributed by atoms with Crippen LogP contribution in [-0.4, -0.2) is 15.0 Å². The molecule has 0 atom stereocenters. The molecule has 4 rings (SSSR count). The van der Waals surface area contributed by atoms with Crippen LogP contribution in [0.1, 0.15) is 25.6 Å². The Bertz CT molecular complexity index is 1020. The van der Waals surface area contributed by atoms with Crippen LogP contribution in [-0.2, 0) is 0 Å². The average Bonchev–Trinajstić information content (AvgIpc) is 2.68. The molecule has 0 fully saturated rings. The first-order valence-electron chi connectivity index (χ1n) is 8.52. The first-order valence-corrected chi connectivity index (χ1v) is 8.52. The smallest absolute Gasteiger partial charge is 0.164 e. The van der Waals surface area contributed by atoms with Gasteiger partial charge in [0.25, 0.3) is 0 Å². The summed E-state index contributed by atoms with van der Waals surface area (Å²) in [6, 6.07) is 24.7. The lowest BCUT2D eigenvalue weighted by Gasteiger charge is -2.11. The van der Waals surface area contributed by atoms with E-state index in [1.807, 2.05) is 30.3 Å². The lowest BCUT2D eigenvalue weighted by Crippen LogP contribution is -2.04. The fourth-order valence-electron chi connectivity index (χ4n) is 2.91. The molecule has 0 bridgehead atoms. The SMILES string of the molecule is CC(C)c1nc(-c2ccccc2)nc(-c2cccc3ccccc23)n1. The van der Waals surface area contributed by atoms with E-state index in [1.54, 1.807) is 0 Å². The zero-order valence-electron chi connectivity index (χ0n) is 14.3. The number of hydrogen-bond donors (Lipinski definition) is 0. The topological polar surface area (TPSA) is 38.7 Å². The highest BCUT2D eigenvalue weighted by molar-refractivity contribution is 5.95. The van der Waals surface area contributed by atoms with Crippen LogP contribution >= 0.6 is 0 Å². The predicted octanol–water partition coefficient (Wildman–Crippen LogP) is 5.48. The summed E-state index contributed by atoms with van der Waals surface area (Å²) in [6.45, 7) is 4.22. The Labute approximate surface area is 147 Å². The van der Waals surface area contributed by atoms with Crippen molar-refractivity contribution >= 4 is 10.8 Å². The molecule has 3 aromatic carbocycles. The Hall–Kier alpha value is -3.07. The molecule has 0 saturated heterocycles. The largest absolute Gasteiger partial charge is 0.213 e. The summed E-state index contributed by atoms with van der Waals surface area (Å²) in [5.74, 6) is 2.51.